The molecule has 19 heavy (non-hydrogen) atoms. The van der Waals surface area contributed by atoms with Crippen LogP contribution in [0.4, 0.5) is 0 Å². The van der Waals surface area contributed by atoms with Crippen LogP contribution in [0.15, 0.2) is 29.2 Å². The molecular formula is C15H18O3S. The topological polar surface area (TPSA) is 46.5 Å². The zero-order valence-electron chi connectivity index (χ0n) is 11.0. The van der Waals surface area contributed by atoms with Gasteiger partial charge in [-0.25, -0.2) is 0 Å². The van der Waals surface area contributed by atoms with Crippen LogP contribution in [0.5, 0.6) is 0 Å². The van der Waals surface area contributed by atoms with Gasteiger partial charge in [0.15, 0.2) is 0 Å². The molecule has 1 aromatic carbocycles. The second kappa shape index (κ2) is 6.78. The smallest absolute Gasteiger partial charge is 0.310 e. The summed E-state index contributed by atoms with van der Waals surface area (Å²) in [4.78, 5) is 12.4. The number of carbonyl (C=O) groups is 1. The van der Waals surface area contributed by atoms with Gasteiger partial charge in [-0.2, -0.15) is 0 Å². The molecule has 1 unspecified atom stereocenters. The van der Waals surface area contributed by atoms with Crippen LogP contribution in [0.1, 0.15) is 24.5 Å². The maximum absolute atomic E-state index is 11.3. The van der Waals surface area contributed by atoms with Crippen molar-refractivity contribution < 1.29 is 14.6 Å². The number of hydrogen-bond donors (Lipinski definition) is 1. The quantitative estimate of drug-likeness (QED) is 0.860. The van der Waals surface area contributed by atoms with Crippen molar-refractivity contribution in [2.45, 2.75) is 25.9 Å². The maximum atomic E-state index is 11.3. The average molecular weight is 278 g/mol. The predicted molar refractivity (Wildman–Crippen MR) is 77.8 cm³/mol. The molecule has 1 atom stereocenters. The van der Waals surface area contributed by atoms with Gasteiger partial charge in [-0.1, -0.05) is 24.3 Å². The Morgan fingerprint density at radius 2 is 2.21 bits per heavy atom. The second-order valence-electron chi connectivity index (χ2n) is 4.42. The lowest BCUT2D eigenvalue weighted by molar-refractivity contribution is -0.142. The third-order valence-corrected chi connectivity index (χ3v) is 4.09. The highest BCUT2D eigenvalue weighted by atomic mass is 32.2. The number of esters is 1. The standard InChI is InChI=1S/C15H18O3S/c1-2-18-15(17)10-12-5-3-11(4-6-12)9-14-13(16)7-8-19-14/h3-6,9,13,16H,2,7-8,10H2,1H3/b14-9+. The zero-order chi connectivity index (χ0) is 13.7. The molecule has 0 aromatic heterocycles. The monoisotopic (exact) mass is 278 g/mol. The van der Waals surface area contributed by atoms with Crippen LogP contribution in [0.2, 0.25) is 0 Å². The minimum atomic E-state index is -0.316. The highest BCUT2D eigenvalue weighted by molar-refractivity contribution is 8.03. The van der Waals surface area contributed by atoms with Crippen molar-refractivity contribution in [3.63, 3.8) is 0 Å². The predicted octanol–water partition coefficient (Wildman–Crippen LogP) is 2.63. The Kier molecular flexibility index (Phi) is 5.05. The lowest BCUT2D eigenvalue weighted by atomic mass is 10.1. The number of hydrogen-bond acceptors (Lipinski definition) is 4. The Labute approximate surface area is 117 Å². The third-order valence-electron chi connectivity index (χ3n) is 2.93. The summed E-state index contributed by atoms with van der Waals surface area (Å²) in [5.74, 6) is 0.781. The van der Waals surface area contributed by atoms with Crippen molar-refractivity contribution in [1.29, 1.82) is 0 Å². The first-order valence-electron chi connectivity index (χ1n) is 6.46. The lowest BCUT2D eigenvalue weighted by Crippen LogP contribution is -2.07. The number of thioether (sulfide) groups is 1. The minimum Gasteiger partial charge on any atom is -0.466 e. The van der Waals surface area contributed by atoms with Crippen LogP contribution in [-0.4, -0.2) is 29.5 Å². The number of ether oxygens (including phenoxy) is 1. The molecule has 1 aliphatic heterocycles. The molecule has 1 aliphatic rings. The van der Waals surface area contributed by atoms with Crippen LogP contribution in [0, 0.1) is 0 Å². The van der Waals surface area contributed by atoms with Crippen LogP contribution in [0.3, 0.4) is 0 Å². The van der Waals surface area contributed by atoms with Gasteiger partial charge in [-0.3, -0.25) is 4.79 Å². The van der Waals surface area contributed by atoms with Crippen molar-refractivity contribution in [1.82, 2.24) is 0 Å². The number of carbonyl (C=O) groups excluding carboxylic acids is 1. The van der Waals surface area contributed by atoms with E-state index in [-0.39, 0.29) is 12.1 Å². The Balaban J connectivity index is 2.00. The number of benzene rings is 1. The number of aliphatic hydroxyl groups is 1. The molecule has 0 bridgehead atoms. The van der Waals surface area contributed by atoms with Crippen molar-refractivity contribution in [2.24, 2.45) is 0 Å². The van der Waals surface area contributed by atoms with Crippen molar-refractivity contribution >= 4 is 23.8 Å². The largest absolute Gasteiger partial charge is 0.466 e. The Morgan fingerprint density at radius 1 is 1.47 bits per heavy atom. The van der Waals surface area contributed by atoms with Gasteiger partial charge in [0.1, 0.15) is 0 Å². The van der Waals surface area contributed by atoms with Gasteiger partial charge in [0.05, 0.1) is 19.1 Å². The van der Waals surface area contributed by atoms with E-state index in [9.17, 15) is 9.90 Å². The molecule has 0 amide bonds. The van der Waals surface area contributed by atoms with E-state index >= 15 is 0 Å². The van der Waals surface area contributed by atoms with Gasteiger partial charge < -0.3 is 9.84 Å². The van der Waals surface area contributed by atoms with Crippen LogP contribution < -0.4 is 0 Å². The normalized spacial score (nSPS) is 20.7. The summed E-state index contributed by atoms with van der Waals surface area (Å²) >= 11 is 1.70. The fourth-order valence-electron chi connectivity index (χ4n) is 1.94. The van der Waals surface area contributed by atoms with Gasteiger partial charge in [-0.15, -0.1) is 11.8 Å². The fourth-order valence-corrected chi connectivity index (χ4v) is 3.05. The van der Waals surface area contributed by atoms with E-state index in [1.807, 2.05) is 30.3 Å². The van der Waals surface area contributed by atoms with E-state index in [2.05, 4.69) is 0 Å². The molecule has 0 saturated carbocycles. The van der Waals surface area contributed by atoms with Gasteiger partial charge in [0.2, 0.25) is 0 Å². The molecule has 1 fully saturated rings. The average Bonchev–Trinajstić information content (AvgIpc) is 2.78. The number of aliphatic hydroxyl groups excluding tert-OH is 1. The zero-order valence-corrected chi connectivity index (χ0v) is 11.8. The molecule has 2 rings (SSSR count). The fraction of sp³-hybridized carbons (Fsp3) is 0.400. The van der Waals surface area contributed by atoms with E-state index < -0.39 is 0 Å². The summed E-state index contributed by atoms with van der Waals surface area (Å²) < 4.78 is 4.91. The molecule has 0 aliphatic carbocycles. The molecule has 1 heterocycles. The van der Waals surface area contributed by atoms with E-state index in [1.54, 1.807) is 18.7 Å². The second-order valence-corrected chi connectivity index (χ2v) is 5.59. The summed E-state index contributed by atoms with van der Waals surface area (Å²) in [6.45, 7) is 2.22. The first-order valence-corrected chi connectivity index (χ1v) is 7.44. The van der Waals surface area contributed by atoms with E-state index in [4.69, 9.17) is 4.74 Å². The van der Waals surface area contributed by atoms with Gasteiger partial charge in [0, 0.05) is 10.7 Å². The number of rotatable bonds is 4. The summed E-state index contributed by atoms with van der Waals surface area (Å²) in [6.07, 6.45) is 2.83. The Morgan fingerprint density at radius 3 is 2.79 bits per heavy atom. The molecule has 4 heteroatoms. The molecular weight excluding hydrogens is 260 g/mol. The molecule has 1 aromatic rings. The van der Waals surface area contributed by atoms with Crippen LogP contribution >= 0.6 is 11.8 Å². The third kappa shape index (κ3) is 4.11. The molecule has 102 valence electrons. The maximum Gasteiger partial charge on any atom is 0.310 e. The SMILES string of the molecule is CCOC(=O)Cc1ccc(/C=C2/SCCC2O)cc1. The highest BCUT2D eigenvalue weighted by Gasteiger charge is 2.18. The molecule has 0 radical (unpaired) electrons. The molecule has 1 saturated heterocycles. The summed E-state index contributed by atoms with van der Waals surface area (Å²) in [5, 5.41) is 9.73. The Hall–Kier alpha value is -1.26. The highest BCUT2D eigenvalue weighted by Crippen LogP contribution is 2.32. The van der Waals surface area contributed by atoms with Crippen molar-refractivity contribution in [3.8, 4) is 0 Å². The van der Waals surface area contributed by atoms with Gasteiger partial charge in [-0.05, 0) is 30.5 Å². The van der Waals surface area contributed by atoms with Crippen molar-refractivity contribution in [2.75, 3.05) is 12.4 Å². The van der Waals surface area contributed by atoms with Crippen LogP contribution in [-0.2, 0) is 16.0 Å². The summed E-state index contributed by atoms with van der Waals surface area (Å²) in [5.41, 5.74) is 2.00. The van der Waals surface area contributed by atoms with Gasteiger partial charge >= 0.3 is 5.97 Å². The first kappa shape index (κ1) is 14.2. The molecule has 3 nitrogen and oxygen atoms in total. The summed E-state index contributed by atoms with van der Waals surface area (Å²) in [7, 11) is 0. The van der Waals surface area contributed by atoms with E-state index in [0.29, 0.717) is 13.0 Å². The van der Waals surface area contributed by atoms with Crippen molar-refractivity contribution in [3.05, 3.63) is 40.3 Å². The minimum absolute atomic E-state index is 0.199. The lowest BCUT2D eigenvalue weighted by Gasteiger charge is -2.04. The van der Waals surface area contributed by atoms with Crippen LogP contribution in [0.25, 0.3) is 6.08 Å². The summed E-state index contributed by atoms with van der Waals surface area (Å²) in [6, 6.07) is 7.78. The molecule has 0 spiro atoms. The van der Waals surface area contributed by atoms with Gasteiger partial charge in [0.25, 0.3) is 0 Å². The molecule has 1 N–H and O–H groups in total. The van der Waals surface area contributed by atoms with E-state index in [1.165, 1.54) is 0 Å². The Bertz CT molecular complexity index is 465. The van der Waals surface area contributed by atoms with E-state index in [0.717, 1.165) is 28.2 Å². The first-order chi connectivity index (χ1) is 9.19.